The Morgan fingerprint density at radius 1 is 1.61 bits per heavy atom. The molecule has 3 N–H and O–H groups in total. The first-order valence-corrected chi connectivity index (χ1v) is 6.48. The quantitative estimate of drug-likeness (QED) is 0.865. The van der Waals surface area contributed by atoms with Crippen LogP contribution in [0.25, 0.3) is 0 Å². The van der Waals surface area contributed by atoms with E-state index in [2.05, 4.69) is 15.2 Å². The van der Waals surface area contributed by atoms with Gasteiger partial charge in [-0.2, -0.15) is 0 Å². The second-order valence-corrected chi connectivity index (χ2v) is 4.86. The van der Waals surface area contributed by atoms with Gasteiger partial charge in [-0.25, -0.2) is 14.9 Å². The van der Waals surface area contributed by atoms with Gasteiger partial charge in [-0.15, -0.1) is 5.10 Å². The normalized spacial score (nSPS) is 12.6. The third kappa shape index (κ3) is 2.62. The standard InChI is InChI=1S/C11H15N5OS/c1-3-16-10(17)14-15-11(16)18-9-6-8(7(2)12)4-5-13-9/h4-7H,3,12H2,1-2H3,(H,14,17). The minimum atomic E-state index is -0.205. The highest BCUT2D eigenvalue weighted by Crippen LogP contribution is 2.24. The van der Waals surface area contributed by atoms with E-state index in [-0.39, 0.29) is 11.7 Å². The predicted octanol–water partition coefficient (Wildman–Crippen LogP) is 1.16. The van der Waals surface area contributed by atoms with Crippen LogP contribution in [0, 0.1) is 0 Å². The largest absolute Gasteiger partial charge is 0.343 e. The van der Waals surface area contributed by atoms with Crippen LogP contribution in [0.5, 0.6) is 0 Å². The first-order valence-electron chi connectivity index (χ1n) is 5.66. The van der Waals surface area contributed by atoms with Gasteiger partial charge in [0.25, 0.3) is 0 Å². The Morgan fingerprint density at radius 2 is 2.39 bits per heavy atom. The fourth-order valence-electron chi connectivity index (χ4n) is 1.52. The molecule has 7 heteroatoms. The summed E-state index contributed by atoms with van der Waals surface area (Å²) in [4.78, 5) is 15.7. The summed E-state index contributed by atoms with van der Waals surface area (Å²) in [5.74, 6) is 0. The van der Waals surface area contributed by atoms with Gasteiger partial charge in [0.1, 0.15) is 5.03 Å². The maximum atomic E-state index is 11.4. The van der Waals surface area contributed by atoms with Crippen LogP contribution in [0.1, 0.15) is 25.5 Å². The summed E-state index contributed by atoms with van der Waals surface area (Å²) in [6.07, 6.45) is 1.71. The van der Waals surface area contributed by atoms with Crippen LogP contribution in [0.15, 0.2) is 33.3 Å². The summed E-state index contributed by atoms with van der Waals surface area (Å²) in [6.45, 7) is 4.39. The van der Waals surface area contributed by atoms with Crippen molar-refractivity contribution < 1.29 is 0 Å². The molecule has 18 heavy (non-hydrogen) atoms. The van der Waals surface area contributed by atoms with E-state index in [1.165, 1.54) is 11.8 Å². The van der Waals surface area contributed by atoms with Crippen molar-refractivity contribution in [2.75, 3.05) is 0 Å². The van der Waals surface area contributed by atoms with E-state index in [9.17, 15) is 4.79 Å². The molecule has 96 valence electrons. The highest BCUT2D eigenvalue weighted by molar-refractivity contribution is 7.99. The van der Waals surface area contributed by atoms with Gasteiger partial charge in [-0.3, -0.25) is 4.57 Å². The molecule has 0 radical (unpaired) electrons. The third-order valence-electron chi connectivity index (χ3n) is 2.52. The van der Waals surface area contributed by atoms with E-state index in [4.69, 9.17) is 5.73 Å². The van der Waals surface area contributed by atoms with Crippen molar-refractivity contribution in [3.05, 3.63) is 34.4 Å². The lowest BCUT2D eigenvalue weighted by Crippen LogP contribution is -2.16. The molecule has 0 saturated heterocycles. The van der Waals surface area contributed by atoms with Crippen molar-refractivity contribution in [2.45, 2.75) is 36.6 Å². The lowest BCUT2D eigenvalue weighted by molar-refractivity contribution is 0.660. The summed E-state index contributed by atoms with van der Waals surface area (Å²) < 4.78 is 1.56. The molecule has 2 rings (SSSR count). The Morgan fingerprint density at radius 3 is 3.06 bits per heavy atom. The van der Waals surface area contributed by atoms with Crippen LogP contribution < -0.4 is 11.4 Å². The minimum absolute atomic E-state index is 0.0418. The minimum Gasteiger partial charge on any atom is -0.324 e. The molecule has 2 aromatic heterocycles. The Balaban J connectivity index is 2.28. The SMILES string of the molecule is CCn1c(Sc2cc(C(C)N)ccn2)n[nH]c1=O. The molecular formula is C11H15N5OS. The summed E-state index contributed by atoms with van der Waals surface area (Å²) in [5, 5.41) is 7.79. The number of aromatic nitrogens is 4. The average molecular weight is 265 g/mol. The van der Waals surface area contributed by atoms with E-state index in [1.807, 2.05) is 26.0 Å². The number of pyridine rings is 1. The summed E-state index contributed by atoms with van der Waals surface area (Å²) in [5.41, 5.74) is 6.62. The van der Waals surface area contributed by atoms with Gasteiger partial charge in [0.15, 0.2) is 5.16 Å². The topological polar surface area (TPSA) is 89.6 Å². The number of hydrogen-bond acceptors (Lipinski definition) is 5. The van der Waals surface area contributed by atoms with Crippen molar-refractivity contribution >= 4 is 11.8 Å². The van der Waals surface area contributed by atoms with Crippen LogP contribution in [-0.2, 0) is 6.54 Å². The first kappa shape index (κ1) is 12.8. The number of nitrogens with zero attached hydrogens (tertiary/aromatic N) is 3. The van der Waals surface area contributed by atoms with Crippen molar-refractivity contribution in [1.82, 2.24) is 19.7 Å². The molecule has 0 aliphatic rings. The van der Waals surface area contributed by atoms with Crippen molar-refractivity contribution in [1.29, 1.82) is 0 Å². The molecule has 0 aliphatic carbocycles. The molecule has 6 nitrogen and oxygen atoms in total. The van der Waals surface area contributed by atoms with E-state index < -0.39 is 0 Å². The fraction of sp³-hybridized carbons (Fsp3) is 0.364. The molecule has 0 aliphatic heterocycles. The number of H-pyrrole nitrogens is 1. The zero-order chi connectivity index (χ0) is 13.1. The van der Waals surface area contributed by atoms with Gasteiger partial charge in [0.2, 0.25) is 0 Å². The molecule has 2 aromatic rings. The predicted molar refractivity (Wildman–Crippen MR) is 69.5 cm³/mol. The molecule has 2 heterocycles. The Labute approximate surface area is 109 Å². The molecule has 1 unspecified atom stereocenters. The third-order valence-corrected chi connectivity index (χ3v) is 3.45. The summed E-state index contributed by atoms with van der Waals surface area (Å²) in [6, 6.07) is 3.75. The van der Waals surface area contributed by atoms with Gasteiger partial charge < -0.3 is 5.73 Å². The Bertz CT molecular complexity index is 589. The van der Waals surface area contributed by atoms with Crippen LogP contribution in [0.3, 0.4) is 0 Å². The summed E-state index contributed by atoms with van der Waals surface area (Å²) in [7, 11) is 0. The second kappa shape index (κ2) is 5.36. The van der Waals surface area contributed by atoms with E-state index in [0.717, 1.165) is 10.6 Å². The highest BCUT2D eigenvalue weighted by atomic mass is 32.2. The number of nitrogens with two attached hydrogens (primary N) is 1. The van der Waals surface area contributed by atoms with Crippen LogP contribution in [0.4, 0.5) is 0 Å². The van der Waals surface area contributed by atoms with Crippen molar-refractivity contribution in [3.8, 4) is 0 Å². The van der Waals surface area contributed by atoms with Gasteiger partial charge in [0, 0.05) is 18.8 Å². The van der Waals surface area contributed by atoms with E-state index >= 15 is 0 Å². The highest BCUT2D eigenvalue weighted by Gasteiger charge is 2.10. The zero-order valence-electron chi connectivity index (χ0n) is 10.3. The van der Waals surface area contributed by atoms with Crippen molar-refractivity contribution in [3.63, 3.8) is 0 Å². The molecule has 0 bridgehead atoms. The van der Waals surface area contributed by atoms with Gasteiger partial charge >= 0.3 is 5.69 Å². The maximum Gasteiger partial charge on any atom is 0.343 e. The van der Waals surface area contributed by atoms with Gasteiger partial charge in [-0.1, -0.05) is 0 Å². The Hall–Kier alpha value is -1.60. The smallest absolute Gasteiger partial charge is 0.324 e. The number of hydrogen-bond donors (Lipinski definition) is 2. The molecule has 0 spiro atoms. The van der Waals surface area contributed by atoms with E-state index in [0.29, 0.717) is 11.7 Å². The zero-order valence-corrected chi connectivity index (χ0v) is 11.1. The molecule has 1 atom stereocenters. The molecule has 0 fully saturated rings. The van der Waals surface area contributed by atoms with Gasteiger partial charge in [-0.05, 0) is 43.3 Å². The molecule has 0 saturated carbocycles. The molecule has 0 aromatic carbocycles. The number of rotatable bonds is 4. The molecule has 0 amide bonds. The molecular weight excluding hydrogens is 250 g/mol. The maximum absolute atomic E-state index is 11.4. The van der Waals surface area contributed by atoms with Crippen LogP contribution >= 0.6 is 11.8 Å². The number of aromatic amines is 1. The monoisotopic (exact) mass is 265 g/mol. The Kier molecular flexibility index (Phi) is 3.83. The van der Waals surface area contributed by atoms with Gasteiger partial charge in [0.05, 0.1) is 0 Å². The first-order chi connectivity index (χ1) is 8.61. The lowest BCUT2D eigenvalue weighted by Gasteiger charge is -2.07. The van der Waals surface area contributed by atoms with Crippen LogP contribution in [-0.4, -0.2) is 19.7 Å². The second-order valence-electron chi connectivity index (χ2n) is 3.87. The average Bonchev–Trinajstić information content (AvgIpc) is 2.70. The number of nitrogens with one attached hydrogen (secondary N) is 1. The fourth-order valence-corrected chi connectivity index (χ4v) is 2.43. The van der Waals surface area contributed by atoms with Crippen molar-refractivity contribution in [2.24, 2.45) is 5.73 Å². The van der Waals surface area contributed by atoms with E-state index in [1.54, 1.807) is 10.8 Å². The summed E-state index contributed by atoms with van der Waals surface area (Å²) >= 11 is 1.35. The lowest BCUT2D eigenvalue weighted by atomic mass is 10.1. The van der Waals surface area contributed by atoms with Crippen LogP contribution in [0.2, 0.25) is 0 Å².